The van der Waals surface area contributed by atoms with E-state index in [1.165, 1.54) is 11.9 Å². The number of aryl methyl sites for hydroxylation is 2. The fourth-order valence-corrected chi connectivity index (χ4v) is 4.14. The Morgan fingerprint density at radius 3 is 2.42 bits per heavy atom. The summed E-state index contributed by atoms with van der Waals surface area (Å²) in [7, 11) is -0.569. The molecule has 0 atom stereocenters. The van der Waals surface area contributed by atoms with Crippen LogP contribution in [0.2, 0.25) is 0 Å². The molecule has 0 aliphatic rings. The molecule has 1 heterocycles. The molecule has 0 bridgehead atoms. The summed E-state index contributed by atoms with van der Waals surface area (Å²) in [5, 5.41) is 1.95. The van der Waals surface area contributed by atoms with Crippen molar-refractivity contribution in [3.8, 4) is 0 Å². The highest BCUT2D eigenvalue weighted by Gasteiger charge is 2.24. The minimum Gasteiger partial charge on any atom is -0.339 e. The molecular weight excluding hydrogens is 344 g/mol. The van der Waals surface area contributed by atoms with E-state index in [1.807, 2.05) is 31.4 Å². The van der Waals surface area contributed by atoms with Crippen LogP contribution in [-0.2, 0) is 21.4 Å². The van der Waals surface area contributed by atoms with Crippen molar-refractivity contribution >= 4 is 27.3 Å². The van der Waals surface area contributed by atoms with Crippen molar-refractivity contribution in [2.45, 2.75) is 25.3 Å². The maximum atomic E-state index is 12.6. The van der Waals surface area contributed by atoms with Gasteiger partial charge < -0.3 is 4.90 Å². The van der Waals surface area contributed by atoms with E-state index in [2.05, 4.69) is 0 Å². The van der Waals surface area contributed by atoms with Gasteiger partial charge in [0.05, 0.1) is 18.0 Å². The van der Waals surface area contributed by atoms with Crippen LogP contribution in [0.3, 0.4) is 0 Å². The number of likely N-dealkylation sites (N-methyl/N-ethyl adjacent to an activating group) is 2. The number of sulfonamides is 1. The summed E-state index contributed by atoms with van der Waals surface area (Å²) in [5.41, 5.74) is 1.94. The lowest BCUT2D eigenvalue weighted by Crippen LogP contribution is -2.39. The lowest BCUT2D eigenvalue weighted by atomic mass is 10.1. The first-order valence-electron chi connectivity index (χ1n) is 7.51. The van der Waals surface area contributed by atoms with Crippen molar-refractivity contribution in [2.75, 3.05) is 20.6 Å². The number of nitrogens with zero attached hydrogens (tertiary/aromatic N) is 2. The fourth-order valence-electron chi connectivity index (χ4n) is 2.17. The van der Waals surface area contributed by atoms with E-state index in [4.69, 9.17) is 0 Å². The summed E-state index contributed by atoms with van der Waals surface area (Å²) in [4.78, 5) is 15.1. The van der Waals surface area contributed by atoms with E-state index in [1.54, 1.807) is 36.6 Å². The van der Waals surface area contributed by atoms with Gasteiger partial charge in [-0.3, -0.25) is 4.79 Å². The van der Waals surface area contributed by atoms with Crippen molar-refractivity contribution in [2.24, 2.45) is 0 Å². The number of benzene rings is 1. The molecule has 2 aromatic rings. The van der Waals surface area contributed by atoms with E-state index in [9.17, 15) is 13.2 Å². The third-order valence-corrected chi connectivity index (χ3v) is 6.60. The minimum absolute atomic E-state index is 0.183. The molecule has 0 saturated carbocycles. The monoisotopic (exact) mass is 366 g/mol. The lowest BCUT2D eigenvalue weighted by Gasteiger charge is -2.21. The van der Waals surface area contributed by atoms with Gasteiger partial charge in [-0.25, -0.2) is 8.42 Å². The minimum atomic E-state index is -3.68. The Morgan fingerprint density at radius 1 is 1.12 bits per heavy atom. The Morgan fingerprint density at radius 2 is 1.83 bits per heavy atom. The topological polar surface area (TPSA) is 57.7 Å². The largest absolute Gasteiger partial charge is 0.339 e. The second kappa shape index (κ2) is 7.46. The maximum Gasteiger partial charge on any atom is 0.243 e. The summed E-state index contributed by atoms with van der Waals surface area (Å²) in [6.45, 7) is 4.10. The lowest BCUT2D eigenvalue weighted by molar-refractivity contribution is -0.130. The summed E-state index contributed by atoms with van der Waals surface area (Å²) >= 11 is 1.57. The van der Waals surface area contributed by atoms with Gasteiger partial charge in [0.1, 0.15) is 0 Å². The number of hydrogen-bond donors (Lipinski definition) is 0. The van der Waals surface area contributed by atoms with Crippen LogP contribution in [0.25, 0.3) is 0 Å². The molecule has 5 nitrogen and oxygen atoms in total. The van der Waals surface area contributed by atoms with Gasteiger partial charge in [0.15, 0.2) is 0 Å². The first-order chi connectivity index (χ1) is 11.2. The number of hydrogen-bond acceptors (Lipinski definition) is 4. The zero-order valence-electron chi connectivity index (χ0n) is 14.3. The van der Waals surface area contributed by atoms with Crippen molar-refractivity contribution in [3.05, 3.63) is 51.7 Å². The van der Waals surface area contributed by atoms with E-state index >= 15 is 0 Å². The molecule has 0 fully saturated rings. The molecule has 0 saturated heterocycles. The molecule has 0 spiro atoms. The van der Waals surface area contributed by atoms with Crippen molar-refractivity contribution in [1.82, 2.24) is 9.21 Å². The third kappa shape index (κ3) is 4.23. The van der Waals surface area contributed by atoms with Crippen LogP contribution in [0.15, 0.2) is 40.6 Å². The summed E-state index contributed by atoms with van der Waals surface area (Å²) in [6, 6.07) is 8.87. The van der Waals surface area contributed by atoms with Crippen LogP contribution in [-0.4, -0.2) is 44.2 Å². The molecule has 0 aliphatic heterocycles. The highest BCUT2D eigenvalue weighted by Crippen LogP contribution is 2.18. The van der Waals surface area contributed by atoms with Gasteiger partial charge >= 0.3 is 0 Å². The van der Waals surface area contributed by atoms with Crippen LogP contribution in [0.4, 0.5) is 0 Å². The number of thiophene rings is 1. The predicted octanol–water partition coefficient (Wildman–Crippen LogP) is 2.64. The molecular formula is C17H22N2O3S2. The quantitative estimate of drug-likeness (QED) is 0.790. The first-order valence-corrected chi connectivity index (χ1v) is 9.83. The Labute approximate surface area is 147 Å². The van der Waals surface area contributed by atoms with Gasteiger partial charge in [-0.15, -0.1) is 11.3 Å². The zero-order valence-corrected chi connectivity index (χ0v) is 15.9. The van der Waals surface area contributed by atoms with E-state index in [0.717, 1.165) is 20.3 Å². The number of carbonyl (C=O) groups is 1. The van der Waals surface area contributed by atoms with E-state index in [0.29, 0.717) is 6.54 Å². The summed E-state index contributed by atoms with van der Waals surface area (Å²) in [5.74, 6) is -0.238. The summed E-state index contributed by atoms with van der Waals surface area (Å²) < 4.78 is 26.4. The van der Waals surface area contributed by atoms with Gasteiger partial charge in [-0.2, -0.15) is 4.31 Å². The van der Waals surface area contributed by atoms with E-state index < -0.39 is 10.0 Å². The average molecular weight is 367 g/mol. The van der Waals surface area contributed by atoms with Gasteiger partial charge in [-0.05, 0) is 48.6 Å². The van der Waals surface area contributed by atoms with Gasteiger partial charge in [0, 0.05) is 19.0 Å². The summed E-state index contributed by atoms with van der Waals surface area (Å²) in [6.07, 6.45) is 0. The van der Waals surface area contributed by atoms with Gasteiger partial charge in [-0.1, -0.05) is 12.1 Å². The van der Waals surface area contributed by atoms with Gasteiger partial charge in [0.2, 0.25) is 15.9 Å². The smallest absolute Gasteiger partial charge is 0.243 e. The fraction of sp³-hybridized carbons (Fsp3) is 0.353. The molecule has 0 aliphatic carbocycles. The SMILES string of the molecule is Cc1ccc(S(=O)(=O)N(C)CC(=O)N(C)Cc2cccs2)cc1C. The standard InChI is InChI=1S/C17H22N2O3S2/c1-13-7-8-16(10-14(13)2)24(21,22)19(4)12-17(20)18(3)11-15-6-5-9-23-15/h5-10H,11-12H2,1-4H3. The van der Waals surface area contributed by atoms with Crippen LogP contribution in [0.1, 0.15) is 16.0 Å². The molecule has 1 aromatic carbocycles. The van der Waals surface area contributed by atoms with Crippen LogP contribution in [0, 0.1) is 13.8 Å². The van der Waals surface area contributed by atoms with Crippen molar-refractivity contribution in [1.29, 1.82) is 0 Å². The molecule has 0 unspecified atom stereocenters. The third-order valence-electron chi connectivity index (χ3n) is 3.94. The first kappa shape index (κ1) is 18.6. The second-order valence-electron chi connectivity index (χ2n) is 5.84. The van der Waals surface area contributed by atoms with Gasteiger partial charge in [0.25, 0.3) is 0 Å². The molecule has 2 rings (SSSR count). The van der Waals surface area contributed by atoms with Crippen molar-refractivity contribution < 1.29 is 13.2 Å². The normalized spacial score (nSPS) is 11.7. The van der Waals surface area contributed by atoms with Crippen LogP contribution < -0.4 is 0 Å². The molecule has 0 radical (unpaired) electrons. The van der Waals surface area contributed by atoms with Crippen molar-refractivity contribution in [3.63, 3.8) is 0 Å². The molecule has 24 heavy (non-hydrogen) atoms. The van der Waals surface area contributed by atoms with Crippen LogP contribution >= 0.6 is 11.3 Å². The second-order valence-corrected chi connectivity index (χ2v) is 8.91. The molecule has 0 N–H and O–H groups in total. The number of rotatable bonds is 6. The Balaban J connectivity index is 2.08. The Kier molecular flexibility index (Phi) is 5.79. The number of carbonyl (C=O) groups excluding carboxylic acids is 1. The Bertz CT molecular complexity index is 814. The maximum absolute atomic E-state index is 12.6. The van der Waals surface area contributed by atoms with Crippen LogP contribution in [0.5, 0.6) is 0 Å². The Hall–Kier alpha value is -1.70. The zero-order chi connectivity index (χ0) is 17.9. The molecule has 1 aromatic heterocycles. The molecule has 130 valence electrons. The average Bonchev–Trinajstić information content (AvgIpc) is 3.02. The van der Waals surface area contributed by atoms with E-state index in [-0.39, 0.29) is 17.3 Å². The highest BCUT2D eigenvalue weighted by atomic mass is 32.2. The predicted molar refractivity (Wildman–Crippen MR) is 96.5 cm³/mol. The highest BCUT2D eigenvalue weighted by molar-refractivity contribution is 7.89. The molecule has 7 heteroatoms. The molecule has 1 amide bonds. The number of amides is 1.